The summed E-state index contributed by atoms with van der Waals surface area (Å²) in [5, 5.41) is 121. The number of carbonyl (C=O) groups excluding carboxylic acids is 14. The number of nitrogens with zero attached hydrogens (tertiary/aromatic N) is 2. The molecular weight excluding hydrogens is 1520 g/mol. The lowest BCUT2D eigenvalue weighted by atomic mass is 9.99. The highest BCUT2D eigenvalue weighted by atomic mass is 16.6. The standard InChI is InChI=1S/C76H127N15O25/c1-12-13-14-15-16-17-18-19-20-21-22-24-46(82-65(104)49(77)25-23-31-79-75(115)116-76(9,10)11)34-55(101)84-58(41(5)92)69(108)81-40(4)64(103)83-50(33-45-26-28-47(96)29-27-45)66(105)86-57(39(2)3)72(111)91-38-48(97)35-51(91)67(106)87-59(42(6)93)70(109)88-60(43(7)94)73(112)90-32-30-52(98)63(90)71(110)89-62(53(99)36-54(78)100)68(107)80-37-56(102)85-61(44(8)95)74(113)114/h26-29,39-44,46,48-53,57-63,92-99H,12-25,30-38,77H2,1-11H3,(H2,78,100)(H,79,115)(H,80,107)(H,81,108)(H,82,104)(H,83,103)(H,84,101)(H,85,102)(H,86,105)(H,87,106)(H,88,109)(H,89,110)(H,113,114)/t40-,41-,42-,43-,44-,46-,48-,49+,50+,51+,52+,53-,57+,58-,59-,60+,61-,62+,63+/m1/s1. The van der Waals surface area contributed by atoms with Gasteiger partial charge in [0.1, 0.15) is 65.7 Å². The van der Waals surface area contributed by atoms with E-state index in [-0.39, 0.29) is 38.0 Å². The first-order valence-electron chi connectivity index (χ1n) is 39.7. The van der Waals surface area contributed by atoms with Crippen LogP contribution in [0.1, 0.15) is 197 Å². The van der Waals surface area contributed by atoms with Gasteiger partial charge in [-0.15, -0.1) is 0 Å². The van der Waals surface area contributed by atoms with Crippen molar-refractivity contribution in [1.29, 1.82) is 0 Å². The Labute approximate surface area is 675 Å². The number of aliphatic hydroxyl groups is 7. The van der Waals surface area contributed by atoms with E-state index in [1.54, 1.807) is 20.8 Å². The van der Waals surface area contributed by atoms with Gasteiger partial charge in [0, 0.05) is 44.9 Å². The van der Waals surface area contributed by atoms with Crippen LogP contribution in [-0.2, 0) is 78.3 Å². The highest BCUT2D eigenvalue weighted by Crippen LogP contribution is 2.25. The van der Waals surface area contributed by atoms with E-state index in [9.17, 15) is 118 Å². The van der Waals surface area contributed by atoms with E-state index in [0.717, 1.165) is 57.8 Å². The lowest BCUT2D eigenvalue weighted by Gasteiger charge is -2.34. The van der Waals surface area contributed by atoms with E-state index in [2.05, 4.69) is 54.8 Å². The summed E-state index contributed by atoms with van der Waals surface area (Å²) in [4.78, 5) is 205. The Balaban J connectivity index is 1.82. The molecule has 0 radical (unpaired) electrons. The monoisotopic (exact) mass is 1650 g/mol. The number of aromatic hydroxyl groups is 1. The van der Waals surface area contributed by atoms with Crippen molar-refractivity contribution in [3.8, 4) is 5.75 Å². The summed E-state index contributed by atoms with van der Waals surface area (Å²) in [6.45, 7) is 14.1. The Hall–Kier alpha value is -9.45. The van der Waals surface area contributed by atoms with Crippen molar-refractivity contribution >= 4 is 88.9 Å². The number of nitrogens with one attached hydrogen (secondary N) is 11. The van der Waals surface area contributed by atoms with E-state index < -0.39 is 248 Å². The Kier molecular flexibility index (Phi) is 43.1. The van der Waals surface area contributed by atoms with E-state index in [1.807, 2.05) is 10.6 Å². The lowest BCUT2D eigenvalue weighted by Crippen LogP contribution is -2.64. The average Bonchev–Trinajstić information content (AvgIpc) is 1.64. The van der Waals surface area contributed by atoms with E-state index in [1.165, 1.54) is 84.1 Å². The molecule has 40 heteroatoms. The van der Waals surface area contributed by atoms with Crippen LogP contribution in [0.25, 0.3) is 0 Å². The summed E-state index contributed by atoms with van der Waals surface area (Å²) in [5.74, 6) is -16.8. The number of phenols is 1. The minimum absolute atomic E-state index is 0.155. The smallest absolute Gasteiger partial charge is 0.407 e. The molecule has 2 aliphatic heterocycles. The number of rotatable bonds is 50. The molecule has 1 aromatic carbocycles. The maximum absolute atomic E-state index is 14.8. The fourth-order valence-electron chi connectivity index (χ4n) is 13.0. The molecule has 40 nitrogen and oxygen atoms in total. The van der Waals surface area contributed by atoms with Gasteiger partial charge in [-0.2, -0.15) is 0 Å². The first-order chi connectivity index (χ1) is 54.3. The molecule has 2 saturated heterocycles. The third-order valence-corrected chi connectivity index (χ3v) is 19.5. The normalized spacial score (nSPS) is 19.3. The molecule has 0 spiro atoms. The highest BCUT2D eigenvalue weighted by molar-refractivity contribution is 6.00. The number of likely N-dealkylation sites (tertiary alicyclic amines) is 2. The fourth-order valence-corrected chi connectivity index (χ4v) is 13.0. The lowest BCUT2D eigenvalue weighted by molar-refractivity contribution is -0.147. The van der Waals surface area contributed by atoms with Gasteiger partial charge in [-0.3, -0.25) is 62.3 Å². The van der Waals surface area contributed by atoms with Gasteiger partial charge in [-0.1, -0.05) is 104 Å². The number of benzene rings is 1. The molecular formula is C76H127N15O25. The molecule has 19 atom stereocenters. The van der Waals surface area contributed by atoms with Crippen molar-refractivity contribution in [3.05, 3.63) is 29.8 Å². The first-order valence-corrected chi connectivity index (χ1v) is 39.7. The van der Waals surface area contributed by atoms with E-state index in [0.29, 0.717) is 29.7 Å². The van der Waals surface area contributed by atoms with Gasteiger partial charge in [0.2, 0.25) is 76.8 Å². The average molecular weight is 1650 g/mol. The molecule has 0 bridgehead atoms. The van der Waals surface area contributed by atoms with Crippen LogP contribution in [0.3, 0.4) is 0 Å². The summed E-state index contributed by atoms with van der Waals surface area (Å²) in [7, 11) is 0. The van der Waals surface area contributed by atoms with Gasteiger partial charge in [-0.25, -0.2) is 9.59 Å². The second-order valence-corrected chi connectivity index (χ2v) is 31.3. The second kappa shape index (κ2) is 49.6. The number of phenolic OH excluding ortho intramolecular Hbond substituents is 1. The summed E-state index contributed by atoms with van der Waals surface area (Å²) >= 11 is 0. The number of carboxylic acid groups (broad SMARTS) is 1. The molecule has 14 amide bonds. The molecule has 116 heavy (non-hydrogen) atoms. The Morgan fingerprint density at radius 1 is 0.543 bits per heavy atom. The zero-order valence-electron chi connectivity index (χ0n) is 68.2. The third-order valence-electron chi connectivity index (χ3n) is 19.5. The van der Waals surface area contributed by atoms with Crippen molar-refractivity contribution < 1.29 is 123 Å². The van der Waals surface area contributed by atoms with E-state index in [4.69, 9.17) is 16.2 Å². The molecule has 3 rings (SSSR count). The maximum Gasteiger partial charge on any atom is 0.407 e. The van der Waals surface area contributed by atoms with Gasteiger partial charge in [0.05, 0.1) is 61.7 Å². The first kappa shape index (κ1) is 101. The van der Waals surface area contributed by atoms with Crippen molar-refractivity contribution in [1.82, 2.24) is 68.3 Å². The van der Waals surface area contributed by atoms with Crippen LogP contribution in [0.2, 0.25) is 0 Å². The number of unbranched alkanes of at least 4 members (excludes halogenated alkanes) is 10. The van der Waals surface area contributed by atoms with Gasteiger partial charge >= 0.3 is 12.1 Å². The Morgan fingerprint density at radius 2 is 1.07 bits per heavy atom. The number of amides is 14. The van der Waals surface area contributed by atoms with Gasteiger partial charge in [-0.05, 0) is 105 Å². The Bertz CT molecular complexity index is 3430. The number of primary amides is 1. The number of hydrogen-bond donors (Lipinski definition) is 22. The molecule has 0 aliphatic carbocycles. The summed E-state index contributed by atoms with van der Waals surface area (Å²) in [5.41, 5.74) is 11.1. The number of hydrogen-bond acceptors (Lipinski definition) is 25. The highest BCUT2D eigenvalue weighted by Gasteiger charge is 2.48. The molecule has 656 valence electrons. The van der Waals surface area contributed by atoms with Crippen LogP contribution >= 0.6 is 0 Å². The number of alkyl carbamates (subject to hydrolysis) is 1. The van der Waals surface area contributed by atoms with Crippen LogP contribution in [0.5, 0.6) is 5.75 Å². The van der Waals surface area contributed by atoms with Crippen LogP contribution in [-0.4, -0.2) is 292 Å². The summed E-state index contributed by atoms with van der Waals surface area (Å²) < 4.78 is 5.26. The van der Waals surface area contributed by atoms with Gasteiger partial charge in [0.25, 0.3) is 0 Å². The number of β-amino-alcohol motifs (C(OH)–C–C–N with tert-alkyl or cyclic N) is 1. The third kappa shape index (κ3) is 34.8. The fraction of sp³-hybridized carbons (Fsp3) is 0.724. The van der Waals surface area contributed by atoms with Crippen molar-refractivity contribution in [2.75, 3.05) is 26.2 Å². The molecule has 24 N–H and O–H groups in total. The number of ether oxygens (including phenoxy) is 1. The molecule has 0 aromatic heterocycles. The molecule has 2 aliphatic rings. The summed E-state index contributed by atoms with van der Waals surface area (Å²) in [6, 6.07) is -14.3. The predicted molar refractivity (Wildman–Crippen MR) is 416 cm³/mol. The molecule has 2 heterocycles. The molecule has 1 aromatic rings. The molecule has 2 fully saturated rings. The zero-order valence-corrected chi connectivity index (χ0v) is 68.2. The summed E-state index contributed by atoms with van der Waals surface area (Å²) in [6.07, 6.45) is -2.85. The van der Waals surface area contributed by atoms with Crippen molar-refractivity contribution in [2.24, 2.45) is 17.4 Å². The minimum atomic E-state index is -2.16. The van der Waals surface area contributed by atoms with E-state index >= 15 is 0 Å². The van der Waals surface area contributed by atoms with Crippen molar-refractivity contribution in [3.63, 3.8) is 0 Å². The SMILES string of the molecule is CCCCCCCCCCCCC[C@H](CC(=O)N[C@@H](C(=O)N[C@H](C)C(=O)N[C@@H](Cc1ccc(O)cc1)C(=O)N[C@H](C(=O)N1C[C@H](O)C[C@H]1C(=O)N[C@@H](C(=O)N[C@H](C(=O)N1CC[C@H](O)[C@H]1C(=O)N[C@H](C(=O)NCC(=O)N[C@@H](C(=O)O)[C@@H](C)O)[C@H](O)CC(N)=O)[C@@H](C)O)[C@@H](C)O)C(C)C)[C@@H](C)O)NC(=O)[C@@H](N)CCCNC(=O)OC(C)(C)C. The van der Waals surface area contributed by atoms with Gasteiger partial charge in [0.15, 0.2) is 6.04 Å². The number of carboxylic acids is 1. The maximum atomic E-state index is 14.8. The topological polar surface area (TPSA) is 638 Å². The van der Waals surface area contributed by atoms with Crippen LogP contribution in [0, 0.1) is 5.92 Å². The quantitative estimate of drug-likeness (QED) is 0.0274. The molecule has 0 unspecified atom stereocenters. The van der Waals surface area contributed by atoms with Crippen molar-refractivity contribution in [2.45, 2.75) is 319 Å². The predicted octanol–water partition coefficient (Wildman–Crippen LogP) is -4.42. The molecule has 0 saturated carbocycles. The second-order valence-electron chi connectivity index (χ2n) is 31.3. The Morgan fingerprint density at radius 3 is 1.61 bits per heavy atom. The minimum Gasteiger partial charge on any atom is -0.508 e. The number of nitrogens with two attached hydrogens (primary N) is 2. The van der Waals surface area contributed by atoms with Crippen LogP contribution in [0.4, 0.5) is 4.79 Å². The number of carbonyl (C=O) groups is 15. The number of aliphatic carboxylic acids is 1. The number of aliphatic hydroxyl groups excluding tert-OH is 7. The zero-order chi connectivity index (χ0) is 87.6. The van der Waals surface area contributed by atoms with Crippen LogP contribution < -0.4 is 70.0 Å². The largest absolute Gasteiger partial charge is 0.508 e. The van der Waals surface area contributed by atoms with Gasteiger partial charge < -0.3 is 130 Å². The van der Waals surface area contributed by atoms with Crippen LogP contribution in [0.15, 0.2) is 24.3 Å².